The minimum absolute atomic E-state index is 0.0574. The number of rotatable bonds is 4. The minimum atomic E-state index is -0.160. The number of carbonyl (C=O) groups is 1. The highest BCUT2D eigenvalue weighted by Crippen LogP contribution is 2.36. The SMILES string of the molecule is O=C(NCC1(CCl)CCCCC1)c1ccc(Cl)cn1. The molecule has 0 aliphatic heterocycles. The van der Waals surface area contributed by atoms with Gasteiger partial charge in [0.2, 0.25) is 0 Å². The van der Waals surface area contributed by atoms with Crippen molar-refractivity contribution in [1.29, 1.82) is 0 Å². The molecule has 2 rings (SSSR count). The molecule has 1 N–H and O–H groups in total. The van der Waals surface area contributed by atoms with Crippen molar-refractivity contribution in [2.24, 2.45) is 5.41 Å². The van der Waals surface area contributed by atoms with Gasteiger partial charge in [0.05, 0.1) is 5.02 Å². The Balaban J connectivity index is 1.93. The van der Waals surface area contributed by atoms with Crippen LogP contribution in [-0.4, -0.2) is 23.3 Å². The van der Waals surface area contributed by atoms with Crippen LogP contribution in [0, 0.1) is 5.41 Å². The highest BCUT2D eigenvalue weighted by molar-refractivity contribution is 6.30. The van der Waals surface area contributed by atoms with Crippen LogP contribution in [0.3, 0.4) is 0 Å². The number of nitrogens with zero attached hydrogens (tertiary/aromatic N) is 1. The normalized spacial score (nSPS) is 18.0. The van der Waals surface area contributed by atoms with Crippen LogP contribution in [0.2, 0.25) is 5.02 Å². The lowest BCUT2D eigenvalue weighted by Gasteiger charge is -2.35. The van der Waals surface area contributed by atoms with Gasteiger partial charge >= 0.3 is 0 Å². The van der Waals surface area contributed by atoms with Gasteiger partial charge in [-0.15, -0.1) is 11.6 Å². The summed E-state index contributed by atoms with van der Waals surface area (Å²) in [6.07, 6.45) is 7.32. The first-order chi connectivity index (χ1) is 9.15. The van der Waals surface area contributed by atoms with Crippen molar-refractivity contribution in [3.63, 3.8) is 0 Å². The van der Waals surface area contributed by atoms with Crippen molar-refractivity contribution in [1.82, 2.24) is 10.3 Å². The van der Waals surface area contributed by atoms with E-state index in [2.05, 4.69) is 10.3 Å². The Hall–Kier alpha value is -0.800. The van der Waals surface area contributed by atoms with Gasteiger partial charge < -0.3 is 5.32 Å². The fourth-order valence-electron chi connectivity index (χ4n) is 2.53. The maximum atomic E-state index is 12.0. The summed E-state index contributed by atoms with van der Waals surface area (Å²) >= 11 is 11.9. The molecule has 1 aromatic heterocycles. The zero-order chi connectivity index (χ0) is 13.7. The molecule has 19 heavy (non-hydrogen) atoms. The molecule has 3 nitrogen and oxygen atoms in total. The van der Waals surface area contributed by atoms with Gasteiger partial charge in [0, 0.05) is 24.0 Å². The smallest absolute Gasteiger partial charge is 0.269 e. The molecule has 1 aliphatic carbocycles. The Morgan fingerprint density at radius 2 is 2.05 bits per heavy atom. The summed E-state index contributed by atoms with van der Waals surface area (Å²) in [6.45, 7) is 0.625. The van der Waals surface area contributed by atoms with Gasteiger partial charge in [0.15, 0.2) is 0 Å². The molecule has 0 aromatic carbocycles. The lowest BCUT2D eigenvalue weighted by molar-refractivity contribution is 0.0916. The highest BCUT2D eigenvalue weighted by atomic mass is 35.5. The molecule has 1 aliphatic rings. The van der Waals surface area contributed by atoms with Gasteiger partial charge in [-0.1, -0.05) is 30.9 Å². The van der Waals surface area contributed by atoms with E-state index in [0.717, 1.165) is 12.8 Å². The van der Waals surface area contributed by atoms with Crippen molar-refractivity contribution in [3.05, 3.63) is 29.0 Å². The first kappa shape index (κ1) is 14.6. The number of halogens is 2. The van der Waals surface area contributed by atoms with Crippen LogP contribution < -0.4 is 5.32 Å². The fraction of sp³-hybridized carbons (Fsp3) is 0.571. The number of hydrogen-bond acceptors (Lipinski definition) is 2. The summed E-state index contributed by atoms with van der Waals surface area (Å²) in [7, 11) is 0. The van der Waals surface area contributed by atoms with Gasteiger partial charge in [-0.2, -0.15) is 0 Å². The molecule has 104 valence electrons. The summed E-state index contributed by atoms with van der Waals surface area (Å²) in [5.41, 5.74) is 0.451. The average molecular weight is 301 g/mol. The zero-order valence-electron chi connectivity index (χ0n) is 10.8. The minimum Gasteiger partial charge on any atom is -0.350 e. The topological polar surface area (TPSA) is 42.0 Å². The van der Waals surface area contributed by atoms with E-state index < -0.39 is 0 Å². The van der Waals surface area contributed by atoms with Crippen LogP contribution >= 0.6 is 23.2 Å². The number of aromatic nitrogens is 1. The summed E-state index contributed by atoms with van der Waals surface area (Å²) in [6, 6.07) is 3.30. The molecule has 0 spiro atoms. The van der Waals surface area contributed by atoms with E-state index in [4.69, 9.17) is 23.2 Å². The summed E-state index contributed by atoms with van der Waals surface area (Å²) in [5, 5.41) is 3.48. The fourth-order valence-corrected chi connectivity index (χ4v) is 3.00. The number of carbonyl (C=O) groups excluding carboxylic acids is 1. The molecule has 1 fully saturated rings. The second-order valence-electron chi connectivity index (χ2n) is 5.24. The van der Waals surface area contributed by atoms with Crippen molar-refractivity contribution in [3.8, 4) is 0 Å². The molecule has 0 saturated heterocycles. The first-order valence-electron chi connectivity index (χ1n) is 6.61. The third kappa shape index (κ3) is 3.83. The largest absolute Gasteiger partial charge is 0.350 e. The number of hydrogen-bond donors (Lipinski definition) is 1. The average Bonchev–Trinajstić information content (AvgIpc) is 2.46. The van der Waals surface area contributed by atoms with E-state index in [1.54, 1.807) is 12.1 Å². The lowest BCUT2D eigenvalue weighted by Crippen LogP contribution is -2.40. The molecule has 1 amide bonds. The Kier molecular flexibility index (Phi) is 5.06. The quantitative estimate of drug-likeness (QED) is 0.862. The van der Waals surface area contributed by atoms with E-state index >= 15 is 0 Å². The Bertz CT molecular complexity index is 428. The van der Waals surface area contributed by atoms with E-state index in [9.17, 15) is 4.79 Å². The summed E-state index contributed by atoms with van der Waals surface area (Å²) in [4.78, 5) is 16.0. The van der Waals surface area contributed by atoms with Crippen molar-refractivity contribution < 1.29 is 4.79 Å². The predicted molar refractivity (Wildman–Crippen MR) is 77.8 cm³/mol. The molecule has 0 bridgehead atoms. The van der Waals surface area contributed by atoms with E-state index in [-0.39, 0.29) is 11.3 Å². The van der Waals surface area contributed by atoms with E-state index in [1.807, 2.05) is 0 Å². The zero-order valence-corrected chi connectivity index (χ0v) is 12.3. The van der Waals surface area contributed by atoms with Crippen LogP contribution in [0.25, 0.3) is 0 Å². The molecule has 5 heteroatoms. The standard InChI is InChI=1S/C14H18Cl2N2O/c15-9-14(6-2-1-3-7-14)10-18-13(19)12-5-4-11(16)8-17-12/h4-5,8H,1-3,6-7,9-10H2,(H,18,19). The number of amides is 1. The Morgan fingerprint density at radius 3 is 2.63 bits per heavy atom. The maximum Gasteiger partial charge on any atom is 0.269 e. The monoisotopic (exact) mass is 300 g/mol. The van der Waals surface area contributed by atoms with Crippen LogP contribution in [0.15, 0.2) is 18.3 Å². The molecule has 1 heterocycles. The molecular formula is C14H18Cl2N2O. The van der Waals surface area contributed by atoms with Crippen molar-refractivity contribution in [2.75, 3.05) is 12.4 Å². The Morgan fingerprint density at radius 1 is 1.32 bits per heavy atom. The van der Waals surface area contributed by atoms with Gasteiger partial charge in [-0.3, -0.25) is 4.79 Å². The van der Waals surface area contributed by atoms with Crippen LogP contribution in [-0.2, 0) is 0 Å². The van der Waals surface area contributed by atoms with Gasteiger partial charge in [0.1, 0.15) is 5.69 Å². The van der Waals surface area contributed by atoms with Crippen LogP contribution in [0.1, 0.15) is 42.6 Å². The predicted octanol–water partition coefficient (Wildman–Crippen LogP) is 3.65. The first-order valence-corrected chi connectivity index (χ1v) is 7.52. The third-order valence-corrected chi connectivity index (χ3v) is 4.57. The van der Waals surface area contributed by atoms with Gasteiger partial charge in [-0.25, -0.2) is 4.98 Å². The van der Waals surface area contributed by atoms with E-state index in [1.165, 1.54) is 25.5 Å². The van der Waals surface area contributed by atoms with Gasteiger partial charge in [0.25, 0.3) is 5.91 Å². The number of pyridine rings is 1. The molecule has 0 radical (unpaired) electrons. The van der Waals surface area contributed by atoms with Crippen molar-refractivity contribution in [2.45, 2.75) is 32.1 Å². The Labute approximate surface area is 123 Å². The van der Waals surface area contributed by atoms with Gasteiger partial charge in [-0.05, 0) is 25.0 Å². The lowest BCUT2D eigenvalue weighted by atomic mass is 9.75. The number of nitrogens with one attached hydrogen (secondary N) is 1. The summed E-state index contributed by atoms with van der Waals surface area (Å²) in [5.74, 6) is 0.438. The van der Waals surface area contributed by atoms with Crippen LogP contribution in [0.5, 0.6) is 0 Å². The van der Waals surface area contributed by atoms with Crippen molar-refractivity contribution >= 4 is 29.1 Å². The molecule has 0 unspecified atom stereocenters. The maximum absolute atomic E-state index is 12.0. The highest BCUT2D eigenvalue weighted by Gasteiger charge is 2.31. The molecule has 0 atom stereocenters. The molecule has 1 saturated carbocycles. The second-order valence-corrected chi connectivity index (χ2v) is 5.94. The number of alkyl halides is 1. The second kappa shape index (κ2) is 6.58. The third-order valence-electron chi connectivity index (χ3n) is 3.78. The van der Waals surface area contributed by atoms with E-state index in [0.29, 0.717) is 23.1 Å². The molecule has 1 aromatic rings. The molecular weight excluding hydrogens is 283 g/mol. The van der Waals surface area contributed by atoms with Crippen LogP contribution in [0.4, 0.5) is 0 Å². The summed E-state index contributed by atoms with van der Waals surface area (Å²) < 4.78 is 0.